The van der Waals surface area contributed by atoms with Crippen LogP contribution in [-0.2, 0) is 13.0 Å². The fourth-order valence-corrected chi connectivity index (χ4v) is 3.06. The van der Waals surface area contributed by atoms with Gasteiger partial charge < -0.3 is 9.88 Å². The Morgan fingerprint density at radius 3 is 2.81 bits per heavy atom. The van der Waals surface area contributed by atoms with Gasteiger partial charge in [-0.1, -0.05) is 0 Å². The number of aromatic nitrogens is 1. The minimum absolute atomic E-state index is 0.165. The van der Waals surface area contributed by atoms with Crippen LogP contribution in [0.2, 0.25) is 0 Å². The number of benzene rings is 1. The maximum Gasteiger partial charge on any atom is 0.252 e. The number of carbonyl (C=O) groups excluding carboxylic acids is 1. The number of aldehydes is 1. The molecule has 3 rings (SSSR count). The van der Waals surface area contributed by atoms with Gasteiger partial charge in [0.15, 0.2) is 6.29 Å². The first-order valence-electron chi connectivity index (χ1n) is 6.54. The number of hydrogen-bond acceptors (Lipinski definition) is 3. The third-order valence-electron chi connectivity index (χ3n) is 3.57. The first kappa shape index (κ1) is 14.2. The average molecular weight is 398 g/mol. The molecule has 1 aliphatic heterocycles. The van der Waals surface area contributed by atoms with Crippen LogP contribution in [0.15, 0.2) is 29.1 Å². The van der Waals surface area contributed by atoms with Crippen molar-refractivity contribution in [1.29, 1.82) is 0 Å². The van der Waals surface area contributed by atoms with Crippen LogP contribution < -0.4 is 10.9 Å². The molecule has 108 valence electrons. The Labute approximate surface area is 134 Å². The Hall–Kier alpha value is -1.70. The molecule has 4 nitrogen and oxygen atoms in total. The van der Waals surface area contributed by atoms with Crippen molar-refractivity contribution in [3.63, 3.8) is 0 Å². The summed E-state index contributed by atoms with van der Waals surface area (Å²) in [6.07, 6.45) is 2.26. The van der Waals surface area contributed by atoms with Crippen molar-refractivity contribution in [3.05, 3.63) is 55.3 Å². The SMILES string of the molecule is O=Cc1c(Nc2ccc(I)cc2F)cc(=O)n2c1CCC2. The maximum atomic E-state index is 13.9. The molecule has 0 bridgehead atoms. The molecular weight excluding hydrogens is 386 g/mol. The van der Waals surface area contributed by atoms with E-state index >= 15 is 0 Å². The minimum atomic E-state index is -0.417. The smallest absolute Gasteiger partial charge is 0.252 e. The number of rotatable bonds is 3. The lowest BCUT2D eigenvalue weighted by atomic mass is 10.1. The van der Waals surface area contributed by atoms with Crippen LogP contribution in [-0.4, -0.2) is 10.9 Å². The molecule has 2 heterocycles. The molecule has 2 aromatic rings. The second-order valence-electron chi connectivity index (χ2n) is 4.88. The van der Waals surface area contributed by atoms with Crippen LogP contribution >= 0.6 is 22.6 Å². The topological polar surface area (TPSA) is 51.1 Å². The Balaban J connectivity index is 2.09. The van der Waals surface area contributed by atoms with Crippen molar-refractivity contribution >= 4 is 40.3 Å². The van der Waals surface area contributed by atoms with Crippen molar-refractivity contribution in [2.75, 3.05) is 5.32 Å². The zero-order valence-electron chi connectivity index (χ0n) is 11.0. The van der Waals surface area contributed by atoms with E-state index in [1.165, 1.54) is 12.1 Å². The van der Waals surface area contributed by atoms with Gasteiger partial charge in [0.1, 0.15) is 5.82 Å². The largest absolute Gasteiger partial charge is 0.352 e. The predicted molar refractivity (Wildman–Crippen MR) is 86.8 cm³/mol. The van der Waals surface area contributed by atoms with Gasteiger partial charge in [0.2, 0.25) is 0 Å². The standard InChI is InChI=1S/C15H12FIN2O2/c16-11-6-9(17)3-4-12(11)18-13-7-15(21)19-5-1-2-14(19)10(13)8-20/h3-4,6-8,18H,1-2,5H2. The summed E-state index contributed by atoms with van der Waals surface area (Å²) >= 11 is 2.02. The molecule has 0 aliphatic carbocycles. The van der Waals surface area contributed by atoms with Gasteiger partial charge in [0.05, 0.1) is 16.9 Å². The normalized spacial score (nSPS) is 13.0. The van der Waals surface area contributed by atoms with E-state index < -0.39 is 5.82 Å². The van der Waals surface area contributed by atoms with Gasteiger partial charge >= 0.3 is 0 Å². The number of anilines is 2. The van der Waals surface area contributed by atoms with Crippen molar-refractivity contribution in [2.45, 2.75) is 19.4 Å². The molecule has 0 spiro atoms. The lowest BCUT2D eigenvalue weighted by Gasteiger charge is -2.13. The Bertz CT molecular complexity index is 786. The first-order chi connectivity index (χ1) is 10.1. The third-order valence-corrected chi connectivity index (χ3v) is 4.25. The molecule has 0 fully saturated rings. The molecule has 1 aromatic carbocycles. The zero-order valence-corrected chi connectivity index (χ0v) is 13.2. The fraction of sp³-hybridized carbons (Fsp3) is 0.200. The molecule has 0 saturated carbocycles. The van der Waals surface area contributed by atoms with Gasteiger partial charge in [0, 0.05) is 21.9 Å². The molecule has 6 heteroatoms. The highest BCUT2D eigenvalue weighted by Crippen LogP contribution is 2.26. The van der Waals surface area contributed by atoms with Crippen LogP contribution in [0.4, 0.5) is 15.8 Å². The van der Waals surface area contributed by atoms with Crippen LogP contribution in [0.3, 0.4) is 0 Å². The number of fused-ring (bicyclic) bond motifs is 1. The average Bonchev–Trinajstić information content (AvgIpc) is 2.92. The highest BCUT2D eigenvalue weighted by atomic mass is 127. The van der Waals surface area contributed by atoms with Crippen molar-refractivity contribution in [3.8, 4) is 0 Å². The van der Waals surface area contributed by atoms with Crippen molar-refractivity contribution < 1.29 is 9.18 Å². The van der Waals surface area contributed by atoms with Crippen molar-refractivity contribution in [1.82, 2.24) is 4.57 Å². The number of carbonyl (C=O) groups is 1. The minimum Gasteiger partial charge on any atom is -0.352 e. The van der Waals surface area contributed by atoms with Gasteiger partial charge in [-0.25, -0.2) is 4.39 Å². The molecule has 21 heavy (non-hydrogen) atoms. The van der Waals surface area contributed by atoms with Crippen LogP contribution in [0, 0.1) is 9.39 Å². The predicted octanol–water partition coefficient (Wildman–Crippen LogP) is 3.09. The highest BCUT2D eigenvalue weighted by Gasteiger charge is 2.20. The van der Waals surface area contributed by atoms with Gasteiger partial charge in [0.25, 0.3) is 5.56 Å². The number of nitrogens with zero attached hydrogens (tertiary/aromatic N) is 1. The molecule has 0 radical (unpaired) electrons. The molecule has 0 atom stereocenters. The summed E-state index contributed by atoms with van der Waals surface area (Å²) in [6.45, 7) is 0.632. The third kappa shape index (κ3) is 2.59. The van der Waals surface area contributed by atoms with E-state index in [1.54, 1.807) is 16.7 Å². The number of pyridine rings is 1. The van der Waals surface area contributed by atoms with Crippen LogP contribution in [0.5, 0.6) is 0 Å². The second-order valence-corrected chi connectivity index (χ2v) is 6.12. The van der Waals surface area contributed by atoms with E-state index in [1.807, 2.05) is 22.6 Å². The van der Waals surface area contributed by atoms with Gasteiger partial charge in [-0.05, 0) is 53.6 Å². The van der Waals surface area contributed by atoms with Crippen LogP contribution in [0.25, 0.3) is 0 Å². The molecule has 0 unspecified atom stereocenters. The summed E-state index contributed by atoms with van der Waals surface area (Å²) in [7, 11) is 0. The molecule has 0 amide bonds. The van der Waals surface area contributed by atoms with E-state index in [2.05, 4.69) is 5.32 Å². The molecule has 1 aromatic heterocycles. The fourth-order valence-electron chi connectivity index (χ4n) is 2.60. The molecular formula is C15H12FIN2O2. The number of hydrogen-bond donors (Lipinski definition) is 1. The Morgan fingerprint density at radius 2 is 2.10 bits per heavy atom. The van der Waals surface area contributed by atoms with E-state index in [0.29, 0.717) is 24.2 Å². The molecule has 1 aliphatic rings. The highest BCUT2D eigenvalue weighted by molar-refractivity contribution is 14.1. The second kappa shape index (κ2) is 5.59. The Morgan fingerprint density at radius 1 is 1.29 bits per heavy atom. The summed E-state index contributed by atoms with van der Waals surface area (Å²) in [6, 6.07) is 6.10. The first-order valence-corrected chi connectivity index (χ1v) is 7.62. The summed E-state index contributed by atoms with van der Waals surface area (Å²) < 4.78 is 16.3. The summed E-state index contributed by atoms with van der Waals surface area (Å²) in [4.78, 5) is 23.4. The van der Waals surface area contributed by atoms with E-state index in [4.69, 9.17) is 0 Å². The number of nitrogens with one attached hydrogen (secondary N) is 1. The van der Waals surface area contributed by atoms with Gasteiger partial charge in [-0.2, -0.15) is 0 Å². The van der Waals surface area contributed by atoms with Crippen molar-refractivity contribution in [2.24, 2.45) is 0 Å². The summed E-state index contributed by atoms with van der Waals surface area (Å²) in [5.41, 5.74) is 1.61. The zero-order chi connectivity index (χ0) is 15.0. The quantitative estimate of drug-likeness (QED) is 0.639. The lowest BCUT2D eigenvalue weighted by molar-refractivity contribution is 0.112. The maximum absolute atomic E-state index is 13.9. The van der Waals surface area contributed by atoms with E-state index in [9.17, 15) is 14.0 Å². The van der Waals surface area contributed by atoms with Gasteiger partial charge in [-0.3, -0.25) is 9.59 Å². The van der Waals surface area contributed by atoms with Gasteiger partial charge in [-0.15, -0.1) is 0 Å². The summed E-state index contributed by atoms with van der Waals surface area (Å²) in [5.74, 6) is -0.417. The molecule has 1 N–H and O–H groups in total. The van der Waals surface area contributed by atoms with E-state index in [0.717, 1.165) is 22.0 Å². The lowest BCUT2D eigenvalue weighted by Crippen LogP contribution is -2.21. The summed E-state index contributed by atoms with van der Waals surface area (Å²) in [5, 5.41) is 2.87. The monoisotopic (exact) mass is 398 g/mol. The van der Waals surface area contributed by atoms with Crippen LogP contribution in [0.1, 0.15) is 22.5 Å². The Kier molecular flexibility index (Phi) is 3.79. The van der Waals surface area contributed by atoms with E-state index in [-0.39, 0.29) is 11.2 Å². The molecule has 0 saturated heterocycles. The number of halogens is 2.